The molecule has 0 unspecified atom stereocenters. The van der Waals surface area contributed by atoms with Crippen molar-refractivity contribution in [1.82, 2.24) is 0 Å². The van der Waals surface area contributed by atoms with Gasteiger partial charge >= 0.3 is 5.97 Å². The molecule has 0 fully saturated rings. The number of carbonyl (C=O) groups is 1. The van der Waals surface area contributed by atoms with E-state index in [0.717, 1.165) is 0 Å². The van der Waals surface area contributed by atoms with Crippen LogP contribution in [0.3, 0.4) is 0 Å². The van der Waals surface area contributed by atoms with E-state index in [1.165, 1.54) is 11.6 Å². The molecule has 0 amide bonds. The summed E-state index contributed by atoms with van der Waals surface area (Å²) in [6.07, 6.45) is 6.94. The van der Waals surface area contributed by atoms with Crippen molar-refractivity contribution in [1.29, 1.82) is 0 Å². The molecule has 0 aromatic heterocycles. The van der Waals surface area contributed by atoms with E-state index in [2.05, 4.69) is 6.58 Å². The number of halogens is 1. The van der Waals surface area contributed by atoms with E-state index in [0.29, 0.717) is 0 Å². The van der Waals surface area contributed by atoms with Gasteiger partial charge in [-0.1, -0.05) is 42.5 Å². The zero-order chi connectivity index (χ0) is 9.82. The van der Waals surface area contributed by atoms with E-state index in [-0.39, 0.29) is 6.42 Å². The van der Waals surface area contributed by atoms with Crippen LogP contribution in [0.5, 0.6) is 0 Å². The van der Waals surface area contributed by atoms with Gasteiger partial charge in [-0.2, -0.15) is 0 Å². The third-order valence-corrected chi connectivity index (χ3v) is 0.888. The molecule has 0 saturated carbocycles. The molecule has 0 aliphatic heterocycles. The van der Waals surface area contributed by atoms with Crippen LogP contribution in [0, 0.1) is 0 Å². The van der Waals surface area contributed by atoms with Crippen LogP contribution in [-0.4, -0.2) is 11.1 Å². The Morgan fingerprint density at radius 1 is 1.67 bits per heavy atom. The maximum atomic E-state index is 9.65. The third-order valence-electron chi connectivity index (χ3n) is 0.710. The van der Waals surface area contributed by atoms with Crippen molar-refractivity contribution in [3.8, 4) is 0 Å². The van der Waals surface area contributed by atoms with Crippen LogP contribution >= 0.6 is 11.6 Å². The number of hydrogen-bond donors (Lipinski definition) is 1. The fourth-order valence-electron chi connectivity index (χ4n) is 0.281. The highest BCUT2D eigenvalue weighted by Crippen LogP contribution is 1.83. The molecule has 0 bridgehead atoms. The van der Waals surface area contributed by atoms with E-state index >= 15 is 0 Å². The Bertz CT molecular complexity index is 171. The zero-order valence-electron chi connectivity index (χ0n) is 7.03. The summed E-state index contributed by atoms with van der Waals surface area (Å²) in [6, 6.07) is 0. The molecule has 12 heavy (non-hydrogen) atoms. The van der Waals surface area contributed by atoms with Crippen molar-refractivity contribution in [3.05, 3.63) is 36.4 Å². The lowest BCUT2D eigenvalue weighted by atomic mass is 10.4. The molecule has 0 aliphatic rings. The molecule has 0 heterocycles. The first kappa shape index (κ1) is 13.6. The molecule has 0 radical (unpaired) electrons. The molecule has 0 aliphatic carbocycles. The van der Waals surface area contributed by atoms with Gasteiger partial charge in [0.05, 0.1) is 6.42 Å². The average molecular weight is 189 g/mol. The molecule has 0 saturated heterocycles. The summed E-state index contributed by atoms with van der Waals surface area (Å²) in [5.41, 5.74) is 1.19. The van der Waals surface area contributed by atoms with E-state index < -0.39 is 5.97 Å². The lowest BCUT2D eigenvalue weighted by molar-refractivity contribution is -0.135. The second-order valence-corrected chi connectivity index (χ2v) is 1.97. The van der Waals surface area contributed by atoms with Gasteiger partial charge in [0.2, 0.25) is 0 Å². The van der Waals surface area contributed by atoms with Crippen molar-refractivity contribution in [3.63, 3.8) is 0 Å². The van der Waals surface area contributed by atoms with E-state index in [9.17, 15) is 4.79 Å². The molecule has 1 N–H and O–H groups in total. The predicted octanol–water partition coefficient (Wildman–Crippen LogP) is 2.96. The Balaban J connectivity index is 0. The summed E-state index contributed by atoms with van der Waals surface area (Å²) in [5, 5.41) is 7.93. The van der Waals surface area contributed by atoms with Gasteiger partial charge < -0.3 is 5.11 Å². The number of carboxylic acids is 1. The van der Waals surface area contributed by atoms with Gasteiger partial charge in [-0.3, -0.25) is 4.79 Å². The first-order chi connectivity index (χ1) is 5.68. The Kier molecular flexibility index (Phi) is 14.3. The second-order valence-electron chi connectivity index (χ2n) is 1.72. The van der Waals surface area contributed by atoms with E-state index in [1.54, 1.807) is 6.08 Å². The highest BCUT2D eigenvalue weighted by Gasteiger charge is 1.85. The van der Waals surface area contributed by atoms with E-state index in [4.69, 9.17) is 16.7 Å². The maximum absolute atomic E-state index is 9.65. The molecule has 68 valence electrons. The van der Waals surface area contributed by atoms with Crippen molar-refractivity contribution < 1.29 is 9.90 Å². The van der Waals surface area contributed by atoms with Gasteiger partial charge in [0.25, 0.3) is 0 Å². The highest BCUT2D eigenvalue weighted by molar-refractivity contribution is 6.25. The Labute approximate surface area is 77.9 Å². The molecular formula is C9H13ClO2. The predicted molar refractivity (Wildman–Crippen MR) is 52.3 cm³/mol. The molecule has 3 heteroatoms. The quantitative estimate of drug-likeness (QED) is 0.692. The van der Waals surface area contributed by atoms with Gasteiger partial charge in [-0.25, -0.2) is 0 Å². The van der Waals surface area contributed by atoms with Crippen LogP contribution in [0.1, 0.15) is 13.3 Å². The van der Waals surface area contributed by atoms with Gasteiger partial charge in [0.15, 0.2) is 0 Å². The van der Waals surface area contributed by atoms with Crippen molar-refractivity contribution in [2.75, 3.05) is 0 Å². The minimum absolute atomic E-state index is 0.00347. The summed E-state index contributed by atoms with van der Waals surface area (Å²) in [7, 11) is 0. The summed E-state index contributed by atoms with van der Waals surface area (Å²) in [5.74, 6) is -0.864. The Morgan fingerprint density at radius 2 is 2.25 bits per heavy atom. The SMILES string of the molecule is C=CC=CC.O=C(O)CC=CCl. The van der Waals surface area contributed by atoms with Crippen LogP contribution in [0.2, 0.25) is 0 Å². The van der Waals surface area contributed by atoms with Gasteiger partial charge in [-0.05, 0) is 6.92 Å². The zero-order valence-corrected chi connectivity index (χ0v) is 7.79. The molecule has 0 aromatic rings. The minimum atomic E-state index is -0.864. The topological polar surface area (TPSA) is 37.3 Å². The fourth-order valence-corrected chi connectivity index (χ4v) is 0.371. The number of carboxylic acid groups (broad SMARTS) is 1. The number of rotatable bonds is 3. The third kappa shape index (κ3) is 23.1. The minimum Gasteiger partial charge on any atom is -0.481 e. The van der Waals surface area contributed by atoms with Crippen LogP contribution in [0.4, 0.5) is 0 Å². The van der Waals surface area contributed by atoms with Crippen LogP contribution in [0.15, 0.2) is 36.4 Å². The highest BCUT2D eigenvalue weighted by atomic mass is 35.5. The number of allylic oxidation sites excluding steroid dienone is 3. The molecule has 0 aromatic carbocycles. The monoisotopic (exact) mass is 188 g/mol. The molecular weight excluding hydrogens is 176 g/mol. The summed E-state index contributed by atoms with van der Waals surface area (Å²) in [4.78, 5) is 9.65. The van der Waals surface area contributed by atoms with Crippen molar-refractivity contribution >= 4 is 17.6 Å². The van der Waals surface area contributed by atoms with Crippen LogP contribution in [-0.2, 0) is 4.79 Å². The summed E-state index contributed by atoms with van der Waals surface area (Å²) < 4.78 is 0. The molecule has 2 nitrogen and oxygen atoms in total. The lowest BCUT2D eigenvalue weighted by Gasteiger charge is -1.76. The standard InChI is InChI=1S/C5H8.C4H5ClO2/c1-3-5-4-2;5-3-1-2-4(6)7/h3-5H,1H2,2H3;1,3H,2H2,(H,6,7). The van der Waals surface area contributed by atoms with Gasteiger partial charge in [-0.15, -0.1) is 0 Å². The normalized spacial score (nSPS) is 9.50. The molecule has 0 spiro atoms. The van der Waals surface area contributed by atoms with E-state index in [1.807, 2.05) is 19.1 Å². The summed E-state index contributed by atoms with van der Waals surface area (Å²) in [6.45, 7) is 5.42. The second kappa shape index (κ2) is 12.6. The number of aliphatic carboxylic acids is 1. The average Bonchev–Trinajstić information content (AvgIpc) is 2.03. The van der Waals surface area contributed by atoms with Crippen molar-refractivity contribution in [2.24, 2.45) is 0 Å². The fraction of sp³-hybridized carbons (Fsp3) is 0.222. The smallest absolute Gasteiger partial charge is 0.307 e. The van der Waals surface area contributed by atoms with Gasteiger partial charge in [0.1, 0.15) is 0 Å². The first-order valence-corrected chi connectivity index (χ1v) is 3.83. The van der Waals surface area contributed by atoms with Crippen LogP contribution in [0.25, 0.3) is 0 Å². The first-order valence-electron chi connectivity index (χ1n) is 3.39. The molecule has 0 rings (SSSR count). The summed E-state index contributed by atoms with van der Waals surface area (Å²) >= 11 is 5.00. The van der Waals surface area contributed by atoms with Gasteiger partial charge in [0, 0.05) is 5.54 Å². The van der Waals surface area contributed by atoms with Crippen LogP contribution < -0.4 is 0 Å². The number of hydrogen-bond acceptors (Lipinski definition) is 1. The Morgan fingerprint density at radius 3 is 2.33 bits per heavy atom. The lowest BCUT2D eigenvalue weighted by Crippen LogP contribution is -1.88. The largest absolute Gasteiger partial charge is 0.481 e. The Hall–Kier alpha value is -1.02. The maximum Gasteiger partial charge on any atom is 0.307 e. The molecule has 0 atom stereocenters. The van der Waals surface area contributed by atoms with Crippen molar-refractivity contribution in [2.45, 2.75) is 13.3 Å².